The number of aliphatic hydroxyl groups is 1. The molecule has 2 saturated heterocycles. The highest BCUT2D eigenvalue weighted by atomic mass is 16.3. The predicted molar refractivity (Wildman–Crippen MR) is 92.7 cm³/mol. The van der Waals surface area contributed by atoms with Crippen LogP contribution < -0.4 is 0 Å². The van der Waals surface area contributed by atoms with Crippen molar-refractivity contribution in [3.63, 3.8) is 0 Å². The lowest BCUT2D eigenvalue weighted by atomic mass is 9.98. The van der Waals surface area contributed by atoms with Crippen LogP contribution in [0.5, 0.6) is 0 Å². The van der Waals surface area contributed by atoms with Gasteiger partial charge in [0.25, 0.3) is 0 Å². The standard InChI is InChI=1S/C19H27N3O2/c23-18-14-22(19(24)20-9-4-1-5-10-20)13-17(18)21-11-8-15-6-2-3-7-16(15)12-21/h2-3,6-7,17-18,23H,1,4-5,8-14H2. The molecule has 0 aliphatic carbocycles. The van der Waals surface area contributed by atoms with Crippen molar-refractivity contribution in [3.8, 4) is 0 Å². The van der Waals surface area contributed by atoms with E-state index < -0.39 is 6.10 Å². The zero-order valence-electron chi connectivity index (χ0n) is 14.2. The summed E-state index contributed by atoms with van der Waals surface area (Å²) in [4.78, 5) is 18.9. The zero-order chi connectivity index (χ0) is 16.5. The molecule has 1 aromatic rings. The molecule has 1 N–H and O–H groups in total. The minimum Gasteiger partial charge on any atom is -0.390 e. The Kier molecular flexibility index (Phi) is 4.46. The van der Waals surface area contributed by atoms with Crippen LogP contribution in [-0.2, 0) is 13.0 Å². The van der Waals surface area contributed by atoms with Gasteiger partial charge in [-0.3, -0.25) is 4.90 Å². The molecule has 130 valence electrons. The minimum absolute atomic E-state index is 0.0621. The molecule has 0 spiro atoms. The lowest BCUT2D eigenvalue weighted by Gasteiger charge is -2.35. The fourth-order valence-corrected chi connectivity index (χ4v) is 4.37. The number of hydrogen-bond donors (Lipinski definition) is 1. The molecule has 0 radical (unpaired) electrons. The van der Waals surface area contributed by atoms with Crippen molar-refractivity contribution in [2.45, 2.75) is 44.4 Å². The summed E-state index contributed by atoms with van der Waals surface area (Å²) in [6.07, 6.45) is 4.02. The van der Waals surface area contributed by atoms with Gasteiger partial charge in [-0.1, -0.05) is 24.3 Å². The van der Waals surface area contributed by atoms with E-state index in [1.807, 2.05) is 9.80 Å². The molecule has 3 aliphatic heterocycles. The maximum Gasteiger partial charge on any atom is 0.320 e. The molecule has 1 aromatic carbocycles. The Morgan fingerprint density at radius 2 is 1.71 bits per heavy atom. The van der Waals surface area contributed by atoms with Crippen molar-refractivity contribution in [1.29, 1.82) is 0 Å². The van der Waals surface area contributed by atoms with Gasteiger partial charge < -0.3 is 14.9 Å². The van der Waals surface area contributed by atoms with E-state index >= 15 is 0 Å². The maximum atomic E-state index is 12.7. The van der Waals surface area contributed by atoms with Crippen LogP contribution >= 0.6 is 0 Å². The molecule has 0 saturated carbocycles. The first-order valence-corrected chi connectivity index (χ1v) is 9.25. The minimum atomic E-state index is -0.441. The van der Waals surface area contributed by atoms with Crippen LogP contribution in [0, 0.1) is 0 Å². The molecule has 5 nitrogen and oxygen atoms in total. The van der Waals surface area contributed by atoms with Gasteiger partial charge in [-0.15, -0.1) is 0 Å². The molecule has 2 amide bonds. The average molecular weight is 329 g/mol. The molecule has 0 bridgehead atoms. The van der Waals surface area contributed by atoms with Crippen molar-refractivity contribution >= 4 is 6.03 Å². The molecule has 2 fully saturated rings. The second-order valence-corrected chi connectivity index (χ2v) is 7.36. The van der Waals surface area contributed by atoms with Crippen LogP contribution in [-0.4, -0.2) is 70.7 Å². The summed E-state index contributed by atoms with van der Waals surface area (Å²) in [6, 6.07) is 8.74. The van der Waals surface area contributed by atoms with E-state index in [4.69, 9.17) is 0 Å². The Morgan fingerprint density at radius 1 is 0.958 bits per heavy atom. The van der Waals surface area contributed by atoms with E-state index in [9.17, 15) is 9.90 Å². The summed E-state index contributed by atoms with van der Waals surface area (Å²) in [7, 11) is 0. The normalized spacial score (nSPS) is 28.0. The smallest absolute Gasteiger partial charge is 0.320 e. The molecule has 24 heavy (non-hydrogen) atoms. The molecule has 0 aromatic heterocycles. The third-order valence-electron chi connectivity index (χ3n) is 5.79. The van der Waals surface area contributed by atoms with E-state index in [1.54, 1.807) is 0 Å². The molecule has 4 rings (SSSR count). The number of nitrogens with zero attached hydrogens (tertiary/aromatic N) is 3. The summed E-state index contributed by atoms with van der Waals surface area (Å²) < 4.78 is 0. The SMILES string of the molecule is O=C(N1CCCCC1)N1CC(O)C(N2CCc3ccccc3C2)C1. The first-order valence-electron chi connectivity index (χ1n) is 9.25. The van der Waals surface area contributed by atoms with Crippen molar-refractivity contribution in [2.24, 2.45) is 0 Å². The summed E-state index contributed by atoms with van der Waals surface area (Å²) in [5.41, 5.74) is 2.78. The summed E-state index contributed by atoms with van der Waals surface area (Å²) in [5.74, 6) is 0. The predicted octanol–water partition coefficient (Wildman–Crippen LogP) is 1.70. The topological polar surface area (TPSA) is 47.0 Å². The van der Waals surface area contributed by atoms with Crippen LogP contribution in [0.25, 0.3) is 0 Å². The number of carbonyl (C=O) groups excluding carboxylic acids is 1. The summed E-state index contributed by atoms with van der Waals surface area (Å²) in [5, 5.41) is 10.6. The molecule has 5 heteroatoms. The lowest BCUT2D eigenvalue weighted by molar-refractivity contribution is 0.0745. The van der Waals surface area contributed by atoms with Gasteiger partial charge in [-0.2, -0.15) is 0 Å². The van der Waals surface area contributed by atoms with Gasteiger partial charge in [0.1, 0.15) is 0 Å². The number of fused-ring (bicyclic) bond motifs is 1. The Hall–Kier alpha value is -1.59. The van der Waals surface area contributed by atoms with Crippen molar-refractivity contribution in [2.75, 3.05) is 32.7 Å². The molecule has 2 atom stereocenters. The van der Waals surface area contributed by atoms with Gasteiger partial charge in [0, 0.05) is 39.3 Å². The fourth-order valence-electron chi connectivity index (χ4n) is 4.37. The Morgan fingerprint density at radius 3 is 2.50 bits per heavy atom. The maximum absolute atomic E-state index is 12.7. The van der Waals surface area contributed by atoms with Gasteiger partial charge in [0.2, 0.25) is 0 Å². The largest absolute Gasteiger partial charge is 0.390 e. The Labute approximate surface area is 143 Å². The number of aliphatic hydroxyl groups excluding tert-OH is 1. The van der Waals surface area contributed by atoms with Crippen molar-refractivity contribution in [1.82, 2.24) is 14.7 Å². The van der Waals surface area contributed by atoms with Crippen LogP contribution in [0.2, 0.25) is 0 Å². The number of hydrogen-bond acceptors (Lipinski definition) is 3. The van der Waals surface area contributed by atoms with E-state index in [1.165, 1.54) is 17.5 Å². The van der Waals surface area contributed by atoms with E-state index in [0.717, 1.165) is 45.4 Å². The Bertz CT molecular complexity index is 600. The Balaban J connectivity index is 1.41. The quantitative estimate of drug-likeness (QED) is 0.853. The van der Waals surface area contributed by atoms with E-state index in [2.05, 4.69) is 29.2 Å². The van der Waals surface area contributed by atoms with E-state index in [-0.39, 0.29) is 12.1 Å². The van der Waals surface area contributed by atoms with Crippen molar-refractivity contribution < 1.29 is 9.90 Å². The highest BCUT2D eigenvalue weighted by Gasteiger charge is 2.39. The number of carbonyl (C=O) groups is 1. The van der Waals surface area contributed by atoms with Gasteiger partial charge in [-0.25, -0.2) is 4.79 Å². The van der Waals surface area contributed by atoms with Gasteiger partial charge in [-0.05, 0) is 36.8 Å². The summed E-state index contributed by atoms with van der Waals surface area (Å²) >= 11 is 0. The van der Waals surface area contributed by atoms with Crippen LogP contribution in [0.1, 0.15) is 30.4 Å². The van der Waals surface area contributed by atoms with Gasteiger partial charge >= 0.3 is 6.03 Å². The second kappa shape index (κ2) is 6.73. The van der Waals surface area contributed by atoms with Gasteiger partial charge in [0.05, 0.1) is 12.1 Å². The number of piperidine rings is 1. The second-order valence-electron chi connectivity index (χ2n) is 7.36. The number of amides is 2. The average Bonchev–Trinajstić information content (AvgIpc) is 3.03. The number of rotatable bonds is 1. The van der Waals surface area contributed by atoms with Gasteiger partial charge in [0.15, 0.2) is 0 Å². The van der Waals surface area contributed by atoms with Crippen LogP contribution in [0.15, 0.2) is 24.3 Å². The first kappa shape index (κ1) is 15.9. The molecule has 2 unspecified atom stereocenters. The molecule has 3 heterocycles. The third kappa shape index (κ3) is 3.03. The fraction of sp³-hybridized carbons (Fsp3) is 0.632. The number of likely N-dealkylation sites (tertiary alicyclic amines) is 2. The lowest BCUT2D eigenvalue weighted by Crippen LogP contribution is -2.47. The highest BCUT2D eigenvalue weighted by molar-refractivity contribution is 5.75. The zero-order valence-corrected chi connectivity index (χ0v) is 14.2. The van der Waals surface area contributed by atoms with Crippen molar-refractivity contribution in [3.05, 3.63) is 35.4 Å². The van der Waals surface area contributed by atoms with E-state index in [0.29, 0.717) is 13.1 Å². The first-order chi connectivity index (χ1) is 11.7. The molecular formula is C19H27N3O2. The molecule has 3 aliphatic rings. The highest BCUT2D eigenvalue weighted by Crippen LogP contribution is 2.25. The molecular weight excluding hydrogens is 302 g/mol. The monoisotopic (exact) mass is 329 g/mol. The number of β-amino-alcohol motifs (C(OH)–C–C–N with tert-alkyl or cyclic N) is 1. The van der Waals surface area contributed by atoms with Crippen LogP contribution in [0.3, 0.4) is 0 Å². The number of urea groups is 1. The third-order valence-corrected chi connectivity index (χ3v) is 5.79. The summed E-state index contributed by atoms with van der Waals surface area (Å²) in [6.45, 7) is 4.70. The van der Waals surface area contributed by atoms with Crippen LogP contribution in [0.4, 0.5) is 4.79 Å². The number of benzene rings is 1.